The largest absolute Gasteiger partial charge is 0.508 e. The number of aliphatic hydroxyl groups excluding tert-OH is 2. The minimum atomic E-state index is -0.112. The lowest BCUT2D eigenvalue weighted by Crippen LogP contribution is -2.29. The lowest BCUT2D eigenvalue weighted by molar-refractivity contribution is 0.156. The van der Waals surface area contributed by atoms with E-state index in [0.29, 0.717) is 25.4 Å². The monoisotopic (exact) mass is 267 g/mol. The van der Waals surface area contributed by atoms with E-state index in [1.165, 1.54) is 0 Å². The number of benzene rings is 1. The van der Waals surface area contributed by atoms with Crippen molar-refractivity contribution in [1.29, 1.82) is 0 Å². The van der Waals surface area contributed by atoms with Crippen molar-refractivity contribution in [3.8, 4) is 5.75 Å². The first-order chi connectivity index (χ1) is 8.88. The lowest BCUT2D eigenvalue weighted by atomic mass is 9.85. The number of hydrogen-bond donors (Lipinski definition) is 3. The van der Waals surface area contributed by atoms with Gasteiger partial charge in [0.2, 0.25) is 0 Å². The van der Waals surface area contributed by atoms with Gasteiger partial charge in [0.15, 0.2) is 0 Å². The van der Waals surface area contributed by atoms with E-state index in [4.69, 9.17) is 10.2 Å². The van der Waals surface area contributed by atoms with Crippen molar-refractivity contribution in [3.05, 3.63) is 29.3 Å². The molecule has 4 heteroatoms. The van der Waals surface area contributed by atoms with E-state index >= 15 is 0 Å². The second-order valence-electron chi connectivity index (χ2n) is 5.82. The van der Waals surface area contributed by atoms with Gasteiger partial charge in [-0.25, -0.2) is 0 Å². The third kappa shape index (κ3) is 4.82. The molecular weight excluding hydrogens is 242 g/mol. The first-order valence-corrected chi connectivity index (χ1v) is 6.65. The third-order valence-corrected chi connectivity index (χ3v) is 3.11. The van der Waals surface area contributed by atoms with Crippen LogP contribution in [0.4, 0.5) is 0 Å². The second kappa shape index (κ2) is 6.89. The highest BCUT2D eigenvalue weighted by Gasteiger charge is 2.18. The van der Waals surface area contributed by atoms with Crippen LogP contribution in [-0.2, 0) is 12.0 Å². The SMILES string of the molecule is CC(C)(C)c1cc(CN(CCO)CCO)ccc1O. The van der Waals surface area contributed by atoms with Crippen LogP contribution in [0.25, 0.3) is 0 Å². The second-order valence-corrected chi connectivity index (χ2v) is 5.82. The summed E-state index contributed by atoms with van der Waals surface area (Å²) in [5.41, 5.74) is 1.88. The summed E-state index contributed by atoms with van der Waals surface area (Å²) in [6, 6.07) is 5.59. The zero-order valence-corrected chi connectivity index (χ0v) is 12.1. The number of phenolic OH excluding ortho intramolecular Hbond substituents is 1. The number of phenols is 1. The Balaban J connectivity index is 2.89. The summed E-state index contributed by atoms with van der Waals surface area (Å²) in [6.45, 7) is 8.05. The van der Waals surface area contributed by atoms with Crippen LogP contribution in [0.3, 0.4) is 0 Å². The molecule has 0 aliphatic carbocycles. The molecule has 0 unspecified atom stereocenters. The Morgan fingerprint density at radius 1 is 1.05 bits per heavy atom. The smallest absolute Gasteiger partial charge is 0.119 e. The van der Waals surface area contributed by atoms with Crippen LogP contribution in [0, 0.1) is 0 Å². The molecule has 1 aromatic carbocycles. The molecule has 0 saturated heterocycles. The summed E-state index contributed by atoms with van der Waals surface area (Å²) in [4.78, 5) is 1.98. The van der Waals surface area contributed by atoms with E-state index < -0.39 is 0 Å². The van der Waals surface area contributed by atoms with Crippen molar-refractivity contribution in [2.75, 3.05) is 26.3 Å². The highest BCUT2D eigenvalue weighted by Crippen LogP contribution is 2.31. The Morgan fingerprint density at radius 2 is 1.63 bits per heavy atom. The summed E-state index contributed by atoms with van der Waals surface area (Å²) < 4.78 is 0. The van der Waals surface area contributed by atoms with Crippen LogP contribution in [0.5, 0.6) is 5.75 Å². The first kappa shape index (κ1) is 16.0. The highest BCUT2D eigenvalue weighted by molar-refractivity contribution is 5.40. The van der Waals surface area contributed by atoms with Gasteiger partial charge in [-0.3, -0.25) is 4.90 Å². The van der Waals surface area contributed by atoms with Crippen LogP contribution in [0.15, 0.2) is 18.2 Å². The van der Waals surface area contributed by atoms with Crippen LogP contribution in [-0.4, -0.2) is 46.5 Å². The molecule has 0 saturated carbocycles. The molecule has 0 aliphatic heterocycles. The maximum absolute atomic E-state index is 9.92. The molecule has 19 heavy (non-hydrogen) atoms. The van der Waals surface area contributed by atoms with E-state index in [1.54, 1.807) is 6.07 Å². The number of hydrogen-bond acceptors (Lipinski definition) is 4. The van der Waals surface area contributed by atoms with Crippen LogP contribution < -0.4 is 0 Å². The van der Waals surface area contributed by atoms with Gasteiger partial charge in [0.1, 0.15) is 5.75 Å². The number of aromatic hydroxyl groups is 1. The molecule has 0 radical (unpaired) electrons. The Labute approximate surface area is 115 Å². The highest BCUT2D eigenvalue weighted by atomic mass is 16.3. The predicted molar refractivity (Wildman–Crippen MR) is 76.3 cm³/mol. The molecule has 0 bridgehead atoms. The summed E-state index contributed by atoms with van der Waals surface area (Å²) in [7, 11) is 0. The Hall–Kier alpha value is -1.10. The van der Waals surface area contributed by atoms with E-state index in [-0.39, 0.29) is 18.6 Å². The zero-order valence-electron chi connectivity index (χ0n) is 12.1. The van der Waals surface area contributed by atoms with Crippen LogP contribution >= 0.6 is 0 Å². The van der Waals surface area contributed by atoms with Crippen molar-refractivity contribution in [1.82, 2.24) is 4.90 Å². The molecule has 4 nitrogen and oxygen atoms in total. The number of aliphatic hydroxyl groups is 2. The lowest BCUT2D eigenvalue weighted by Gasteiger charge is -2.24. The third-order valence-electron chi connectivity index (χ3n) is 3.11. The quantitative estimate of drug-likeness (QED) is 0.730. The van der Waals surface area contributed by atoms with Crippen molar-refractivity contribution in [3.63, 3.8) is 0 Å². The fourth-order valence-corrected chi connectivity index (χ4v) is 2.09. The molecule has 0 atom stereocenters. The molecule has 3 N–H and O–H groups in total. The molecule has 0 fully saturated rings. The maximum atomic E-state index is 9.92. The van der Waals surface area contributed by atoms with Crippen molar-refractivity contribution in [2.24, 2.45) is 0 Å². The van der Waals surface area contributed by atoms with E-state index in [0.717, 1.165) is 11.1 Å². The normalized spacial score (nSPS) is 12.1. The van der Waals surface area contributed by atoms with Crippen molar-refractivity contribution in [2.45, 2.75) is 32.7 Å². The standard InChI is InChI=1S/C15H25NO3/c1-15(2,3)13-10-12(4-5-14(13)19)11-16(6-8-17)7-9-18/h4-5,10,17-19H,6-9,11H2,1-3H3. The van der Waals surface area contributed by atoms with Gasteiger partial charge in [0.25, 0.3) is 0 Å². The van der Waals surface area contributed by atoms with E-state index in [1.807, 2.05) is 17.0 Å². The predicted octanol–water partition coefficient (Wildman–Crippen LogP) is 1.48. The van der Waals surface area contributed by atoms with Gasteiger partial charge in [-0.1, -0.05) is 32.9 Å². The molecule has 0 aliphatic rings. The average molecular weight is 267 g/mol. The van der Waals surface area contributed by atoms with Gasteiger partial charge in [-0.05, 0) is 22.6 Å². The fourth-order valence-electron chi connectivity index (χ4n) is 2.09. The van der Waals surface area contributed by atoms with Gasteiger partial charge in [-0.15, -0.1) is 0 Å². The summed E-state index contributed by atoms with van der Waals surface area (Å²) in [5.74, 6) is 0.312. The molecule has 1 aromatic rings. The summed E-state index contributed by atoms with van der Waals surface area (Å²) in [6.07, 6.45) is 0. The fraction of sp³-hybridized carbons (Fsp3) is 0.600. The molecule has 0 spiro atoms. The minimum Gasteiger partial charge on any atom is -0.508 e. The topological polar surface area (TPSA) is 63.9 Å². The average Bonchev–Trinajstić information content (AvgIpc) is 2.31. The molecule has 0 aromatic heterocycles. The van der Waals surface area contributed by atoms with E-state index in [9.17, 15) is 5.11 Å². The molecule has 0 heterocycles. The molecule has 108 valence electrons. The number of nitrogens with zero attached hydrogens (tertiary/aromatic N) is 1. The summed E-state index contributed by atoms with van der Waals surface area (Å²) >= 11 is 0. The van der Waals surface area contributed by atoms with Gasteiger partial charge >= 0.3 is 0 Å². The summed E-state index contributed by atoms with van der Waals surface area (Å²) in [5, 5.41) is 27.9. The Kier molecular flexibility index (Phi) is 5.79. The molecule has 0 amide bonds. The van der Waals surface area contributed by atoms with Crippen molar-refractivity contribution < 1.29 is 15.3 Å². The van der Waals surface area contributed by atoms with Gasteiger partial charge in [0.05, 0.1) is 13.2 Å². The van der Waals surface area contributed by atoms with Gasteiger partial charge in [-0.2, -0.15) is 0 Å². The Bertz CT molecular complexity index is 393. The minimum absolute atomic E-state index is 0.0736. The van der Waals surface area contributed by atoms with Crippen molar-refractivity contribution >= 4 is 0 Å². The first-order valence-electron chi connectivity index (χ1n) is 6.65. The van der Waals surface area contributed by atoms with Gasteiger partial charge in [0, 0.05) is 19.6 Å². The van der Waals surface area contributed by atoms with Gasteiger partial charge < -0.3 is 15.3 Å². The Morgan fingerprint density at radius 3 is 2.11 bits per heavy atom. The maximum Gasteiger partial charge on any atom is 0.119 e. The molecule has 1 rings (SSSR count). The van der Waals surface area contributed by atoms with Crippen LogP contribution in [0.1, 0.15) is 31.9 Å². The number of rotatable bonds is 6. The zero-order chi connectivity index (χ0) is 14.5. The molecular formula is C15H25NO3. The van der Waals surface area contributed by atoms with E-state index in [2.05, 4.69) is 20.8 Å². The van der Waals surface area contributed by atoms with Crippen LogP contribution in [0.2, 0.25) is 0 Å².